The second-order valence-electron chi connectivity index (χ2n) is 5.26. The molecule has 1 aliphatic carbocycles. The van der Waals surface area contributed by atoms with Crippen LogP contribution < -0.4 is 4.74 Å². The van der Waals surface area contributed by atoms with Gasteiger partial charge >= 0.3 is 5.97 Å². The first kappa shape index (κ1) is 13.7. The number of methoxy groups -OCH3 is 1. The smallest absolute Gasteiger partial charge is 0.338 e. The minimum Gasteiger partial charge on any atom is -0.472 e. The van der Waals surface area contributed by atoms with Gasteiger partial charge in [0.05, 0.1) is 12.7 Å². The number of hydrogen-bond acceptors (Lipinski definition) is 4. The molecule has 3 rings (SSSR count). The SMILES string of the molecule is COC(=O)c1cccc(C2CC2)c1COc1ccn(C)n1. The van der Waals surface area contributed by atoms with E-state index in [0.29, 0.717) is 24.0 Å². The van der Waals surface area contributed by atoms with Gasteiger partial charge in [0.25, 0.3) is 0 Å². The van der Waals surface area contributed by atoms with E-state index in [9.17, 15) is 4.79 Å². The molecule has 0 radical (unpaired) electrons. The molecule has 0 atom stereocenters. The number of carbonyl (C=O) groups excluding carboxylic acids is 1. The van der Waals surface area contributed by atoms with Crippen molar-refractivity contribution in [1.29, 1.82) is 0 Å². The number of rotatable bonds is 5. The summed E-state index contributed by atoms with van der Waals surface area (Å²) in [6.45, 7) is 0.328. The summed E-state index contributed by atoms with van der Waals surface area (Å²) in [6.07, 6.45) is 4.16. The first-order valence-electron chi connectivity index (χ1n) is 7.01. The van der Waals surface area contributed by atoms with Gasteiger partial charge in [-0.2, -0.15) is 0 Å². The van der Waals surface area contributed by atoms with Crippen molar-refractivity contribution in [3.05, 3.63) is 47.2 Å². The van der Waals surface area contributed by atoms with Gasteiger partial charge in [0.1, 0.15) is 6.61 Å². The molecular weight excluding hydrogens is 268 g/mol. The largest absolute Gasteiger partial charge is 0.472 e. The number of carbonyl (C=O) groups is 1. The Morgan fingerprint density at radius 3 is 2.81 bits per heavy atom. The molecule has 0 spiro atoms. The Hall–Kier alpha value is -2.30. The van der Waals surface area contributed by atoms with Gasteiger partial charge < -0.3 is 9.47 Å². The van der Waals surface area contributed by atoms with E-state index in [-0.39, 0.29) is 5.97 Å². The van der Waals surface area contributed by atoms with Crippen LogP contribution in [0.1, 0.15) is 40.2 Å². The van der Waals surface area contributed by atoms with Gasteiger partial charge in [-0.25, -0.2) is 4.79 Å². The summed E-state index contributed by atoms with van der Waals surface area (Å²) in [5.41, 5.74) is 2.68. The summed E-state index contributed by atoms with van der Waals surface area (Å²) in [7, 11) is 3.24. The fourth-order valence-corrected chi connectivity index (χ4v) is 2.46. The molecule has 0 unspecified atom stereocenters. The van der Waals surface area contributed by atoms with Crippen LogP contribution in [0.5, 0.6) is 5.88 Å². The van der Waals surface area contributed by atoms with Crippen LogP contribution in [-0.2, 0) is 18.4 Å². The zero-order valence-corrected chi connectivity index (χ0v) is 12.2. The van der Waals surface area contributed by atoms with E-state index >= 15 is 0 Å². The van der Waals surface area contributed by atoms with Gasteiger partial charge in [-0.05, 0) is 30.4 Å². The monoisotopic (exact) mass is 286 g/mol. The maximum atomic E-state index is 11.9. The lowest BCUT2D eigenvalue weighted by atomic mass is 9.98. The van der Waals surface area contributed by atoms with Crippen molar-refractivity contribution in [3.8, 4) is 5.88 Å². The fourth-order valence-electron chi connectivity index (χ4n) is 2.46. The van der Waals surface area contributed by atoms with Crippen LogP contribution in [-0.4, -0.2) is 22.9 Å². The van der Waals surface area contributed by atoms with Gasteiger partial charge in [0.15, 0.2) is 0 Å². The number of aromatic nitrogens is 2. The molecule has 0 N–H and O–H groups in total. The van der Waals surface area contributed by atoms with Crippen molar-refractivity contribution < 1.29 is 14.3 Å². The van der Waals surface area contributed by atoms with Gasteiger partial charge in [-0.1, -0.05) is 12.1 Å². The van der Waals surface area contributed by atoms with Crippen LogP contribution >= 0.6 is 0 Å². The Balaban J connectivity index is 1.88. The van der Waals surface area contributed by atoms with E-state index in [4.69, 9.17) is 9.47 Å². The minimum atomic E-state index is -0.322. The number of aryl methyl sites for hydroxylation is 1. The maximum Gasteiger partial charge on any atom is 0.338 e. The van der Waals surface area contributed by atoms with Gasteiger partial charge in [0.2, 0.25) is 5.88 Å². The number of nitrogens with zero attached hydrogens (tertiary/aromatic N) is 2. The average molecular weight is 286 g/mol. The van der Waals surface area contributed by atoms with Gasteiger partial charge in [-0.3, -0.25) is 4.68 Å². The highest BCUT2D eigenvalue weighted by Crippen LogP contribution is 2.42. The zero-order chi connectivity index (χ0) is 14.8. The molecule has 110 valence electrons. The Morgan fingerprint density at radius 1 is 1.38 bits per heavy atom. The third kappa shape index (κ3) is 2.91. The highest BCUT2D eigenvalue weighted by Gasteiger charge is 2.28. The van der Waals surface area contributed by atoms with Crippen molar-refractivity contribution in [1.82, 2.24) is 9.78 Å². The quantitative estimate of drug-likeness (QED) is 0.793. The van der Waals surface area contributed by atoms with Crippen molar-refractivity contribution >= 4 is 5.97 Å². The molecule has 1 saturated carbocycles. The molecule has 0 saturated heterocycles. The molecule has 0 aliphatic heterocycles. The summed E-state index contributed by atoms with van der Waals surface area (Å²) in [6, 6.07) is 7.57. The van der Waals surface area contributed by atoms with Crippen LogP contribution in [0, 0.1) is 0 Å². The lowest BCUT2D eigenvalue weighted by Gasteiger charge is -2.13. The Labute approximate surface area is 123 Å². The van der Waals surface area contributed by atoms with Crippen LogP contribution in [0.3, 0.4) is 0 Å². The molecule has 2 aromatic rings. The molecule has 5 heteroatoms. The summed E-state index contributed by atoms with van der Waals surface area (Å²) < 4.78 is 12.3. The fraction of sp³-hybridized carbons (Fsp3) is 0.375. The number of ether oxygens (including phenoxy) is 2. The second kappa shape index (κ2) is 5.60. The van der Waals surface area contributed by atoms with Crippen molar-refractivity contribution in [2.45, 2.75) is 25.4 Å². The molecule has 1 aromatic heterocycles. The maximum absolute atomic E-state index is 11.9. The van der Waals surface area contributed by atoms with Crippen molar-refractivity contribution in [2.24, 2.45) is 7.05 Å². The summed E-state index contributed by atoms with van der Waals surface area (Å²) in [5, 5.41) is 4.19. The Morgan fingerprint density at radius 2 is 2.19 bits per heavy atom. The average Bonchev–Trinajstić information content (AvgIpc) is 3.26. The third-order valence-electron chi connectivity index (χ3n) is 3.69. The second-order valence-corrected chi connectivity index (χ2v) is 5.26. The number of benzene rings is 1. The topological polar surface area (TPSA) is 53.4 Å². The molecule has 0 bridgehead atoms. The molecule has 1 aliphatic rings. The van der Waals surface area contributed by atoms with E-state index in [0.717, 1.165) is 5.56 Å². The number of hydrogen-bond donors (Lipinski definition) is 0. The Bertz CT molecular complexity index is 659. The molecule has 21 heavy (non-hydrogen) atoms. The highest BCUT2D eigenvalue weighted by atomic mass is 16.5. The molecule has 1 fully saturated rings. The van der Waals surface area contributed by atoms with Crippen LogP contribution in [0.15, 0.2) is 30.5 Å². The first-order chi connectivity index (χ1) is 10.2. The first-order valence-corrected chi connectivity index (χ1v) is 7.01. The summed E-state index contributed by atoms with van der Waals surface area (Å²) in [4.78, 5) is 11.9. The molecule has 1 aromatic carbocycles. The minimum absolute atomic E-state index is 0.322. The Kier molecular flexibility index (Phi) is 3.64. The predicted molar refractivity (Wildman–Crippen MR) is 77.3 cm³/mol. The number of esters is 1. The molecule has 0 amide bonds. The van der Waals surface area contributed by atoms with Gasteiger partial charge in [-0.15, -0.1) is 5.10 Å². The lowest BCUT2D eigenvalue weighted by molar-refractivity contribution is 0.0597. The van der Waals surface area contributed by atoms with E-state index in [1.807, 2.05) is 19.3 Å². The van der Waals surface area contributed by atoms with E-state index in [1.165, 1.54) is 25.5 Å². The van der Waals surface area contributed by atoms with Crippen LogP contribution in [0.4, 0.5) is 0 Å². The predicted octanol–water partition coefficient (Wildman–Crippen LogP) is 2.66. The summed E-state index contributed by atoms with van der Waals surface area (Å²) in [5.74, 6) is 0.771. The normalized spacial score (nSPS) is 14.0. The van der Waals surface area contributed by atoms with E-state index in [2.05, 4.69) is 11.2 Å². The molecular formula is C16H18N2O3. The van der Waals surface area contributed by atoms with E-state index in [1.54, 1.807) is 16.8 Å². The molecule has 1 heterocycles. The highest BCUT2D eigenvalue weighted by molar-refractivity contribution is 5.91. The van der Waals surface area contributed by atoms with Crippen molar-refractivity contribution in [2.75, 3.05) is 7.11 Å². The van der Waals surface area contributed by atoms with Crippen molar-refractivity contribution in [3.63, 3.8) is 0 Å². The standard InChI is InChI=1S/C16H18N2O3/c1-18-9-8-15(17-18)21-10-14-12(11-6-7-11)4-3-5-13(14)16(19)20-2/h3-5,8-9,11H,6-7,10H2,1-2H3. The van der Waals surface area contributed by atoms with E-state index < -0.39 is 0 Å². The molecule has 5 nitrogen and oxygen atoms in total. The van der Waals surface area contributed by atoms with Crippen LogP contribution in [0.25, 0.3) is 0 Å². The lowest BCUT2D eigenvalue weighted by Crippen LogP contribution is -2.10. The zero-order valence-electron chi connectivity index (χ0n) is 12.2. The third-order valence-corrected chi connectivity index (χ3v) is 3.69. The van der Waals surface area contributed by atoms with Crippen LogP contribution in [0.2, 0.25) is 0 Å². The van der Waals surface area contributed by atoms with Gasteiger partial charge in [0, 0.05) is 24.9 Å². The summed E-state index contributed by atoms with van der Waals surface area (Å²) >= 11 is 0.